The SMILES string of the molecule is C#CCC(=O)CCc1cccc(C)c1. The van der Waals surface area contributed by atoms with Gasteiger partial charge in [-0.3, -0.25) is 4.79 Å². The fraction of sp³-hybridized carbons (Fsp3) is 0.308. The lowest BCUT2D eigenvalue weighted by atomic mass is 10.0. The second kappa shape index (κ2) is 5.24. The maximum atomic E-state index is 11.2. The smallest absolute Gasteiger partial charge is 0.145 e. The molecule has 0 aliphatic heterocycles. The Balaban J connectivity index is 2.46. The third kappa shape index (κ3) is 3.45. The van der Waals surface area contributed by atoms with E-state index in [0.29, 0.717) is 6.42 Å². The molecule has 0 saturated carbocycles. The molecule has 0 spiro atoms. The molecule has 0 saturated heterocycles. The van der Waals surface area contributed by atoms with Crippen molar-refractivity contribution in [2.24, 2.45) is 0 Å². The van der Waals surface area contributed by atoms with E-state index in [1.807, 2.05) is 25.1 Å². The van der Waals surface area contributed by atoms with Crippen LogP contribution >= 0.6 is 0 Å². The predicted molar refractivity (Wildman–Crippen MR) is 58.0 cm³/mol. The van der Waals surface area contributed by atoms with E-state index >= 15 is 0 Å². The summed E-state index contributed by atoms with van der Waals surface area (Å²) in [5.41, 5.74) is 2.43. The summed E-state index contributed by atoms with van der Waals surface area (Å²) in [6.07, 6.45) is 6.65. The van der Waals surface area contributed by atoms with Crippen molar-refractivity contribution in [3.63, 3.8) is 0 Å². The van der Waals surface area contributed by atoms with Crippen LogP contribution in [0.5, 0.6) is 0 Å². The van der Waals surface area contributed by atoms with E-state index in [9.17, 15) is 4.79 Å². The molecule has 0 aliphatic rings. The molecule has 0 radical (unpaired) electrons. The molecule has 0 aromatic heterocycles. The number of carbonyl (C=O) groups excluding carboxylic acids is 1. The van der Waals surface area contributed by atoms with Crippen LogP contribution in [0.15, 0.2) is 24.3 Å². The van der Waals surface area contributed by atoms with Crippen molar-refractivity contribution in [3.8, 4) is 12.3 Å². The first-order valence-electron chi connectivity index (χ1n) is 4.73. The number of carbonyl (C=O) groups is 1. The maximum Gasteiger partial charge on any atom is 0.145 e. The summed E-state index contributed by atoms with van der Waals surface area (Å²) in [6.45, 7) is 2.05. The molecule has 0 unspecified atom stereocenters. The number of Topliss-reactive ketones (excluding diaryl/α,β-unsaturated/α-hetero) is 1. The monoisotopic (exact) mass is 186 g/mol. The van der Waals surface area contributed by atoms with E-state index < -0.39 is 0 Å². The molecule has 1 rings (SSSR count). The van der Waals surface area contributed by atoms with Gasteiger partial charge in [0.15, 0.2) is 0 Å². The first-order valence-corrected chi connectivity index (χ1v) is 4.73. The summed E-state index contributed by atoms with van der Waals surface area (Å²) < 4.78 is 0. The Labute approximate surface area is 85.1 Å². The van der Waals surface area contributed by atoms with E-state index in [2.05, 4.69) is 12.0 Å². The molecule has 0 amide bonds. The maximum absolute atomic E-state index is 11.2. The average Bonchev–Trinajstić information content (AvgIpc) is 2.15. The Morgan fingerprint density at radius 2 is 2.29 bits per heavy atom. The lowest BCUT2D eigenvalue weighted by Crippen LogP contribution is -1.98. The highest BCUT2D eigenvalue weighted by Crippen LogP contribution is 2.07. The van der Waals surface area contributed by atoms with Crippen molar-refractivity contribution < 1.29 is 4.79 Å². The second-order valence-corrected chi connectivity index (χ2v) is 3.41. The van der Waals surface area contributed by atoms with Gasteiger partial charge in [0.1, 0.15) is 5.78 Å². The van der Waals surface area contributed by atoms with Crippen LogP contribution in [0, 0.1) is 19.3 Å². The Morgan fingerprint density at radius 3 is 2.93 bits per heavy atom. The summed E-state index contributed by atoms with van der Waals surface area (Å²) in [5.74, 6) is 2.51. The zero-order valence-electron chi connectivity index (χ0n) is 8.42. The molecule has 0 bridgehead atoms. The Kier molecular flexibility index (Phi) is 3.94. The van der Waals surface area contributed by atoms with Gasteiger partial charge in [-0.2, -0.15) is 0 Å². The summed E-state index contributed by atoms with van der Waals surface area (Å²) in [6, 6.07) is 8.20. The molecule has 1 aromatic carbocycles. The predicted octanol–water partition coefficient (Wildman–Crippen LogP) is 2.52. The zero-order chi connectivity index (χ0) is 10.4. The molecular formula is C13H14O. The molecular weight excluding hydrogens is 172 g/mol. The van der Waals surface area contributed by atoms with Crippen molar-refractivity contribution in [1.29, 1.82) is 0 Å². The third-order valence-corrected chi connectivity index (χ3v) is 2.07. The molecule has 1 heteroatoms. The first-order chi connectivity index (χ1) is 6.72. The van der Waals surface area contributed by atoms with Crippen molar-refractivity contribution in [2.75, 3.05) is 0 Å². The van der Waals surface area contributed by atoms with E-state index in [4.69, 9.17) is 6.42 Å². The summed E-state index contributed by atoms with van der Waals surface area (Å²) in [4.78, 5) is 11.2. The van der Waals surface area contributed by atoms with Gasteiger partial charge in [0, 0.05) is 6.42 Å². The number of hydrogen-bond acceptors (Lipinski definition) is 1. The molecule has 14 heavy (non-hydrogen) atoms. The molecule has 0 fully saturated rings. The largest absolute Gasteiger partial charge is 0.299 e. The molecule has 1 aromatic rings. The number of aryl methyl sites for hydroxylation is 2. The number of ketones is 1. The minimum absolute atomic E-state index is 0.147. The van der Waals surface area contributed by atoms with Crippen LogP contribution in [0.3, 0.4) is 0 Å². The van der Waals surface area contributed by atoms with Gasteiger partial charge in [-0.25, -0.2) is 0 Å². The number of benzene rings is 1. The van der Waals surface area contributed by atoms with Crippen LogP contribution in [0.1, 0.15) is 24.0 Å². The van der Waals surface area contributed by atoms with Gasteiger partial charge in [0.05, 0.1) is 6.42 Å². The van der Waals surface area contributed by atoms with E-state index in [0.717, 1.165) is 6.42 Å². The minimum atomic E-state index is 0.147. The van der Waals surface area contributed by atoms with Crippen molar-refractivity contribution in [1.82, 2.24) is 0 Å². The van der Waals surface area contributed by atoms with Crippen LogP contribution in [0.2, 0.25) is 0 Å². The number of rotatable bonds is 4. The highest BCUT2D eigenvalue weighted by molar-refractivity contribution is 5.80. The zero-order valence-corrected chi connectivity index (χ0v) is 8.42. The van der Waals surface area contributed by atoms with Gasteiger partial charge in [0.2, 0.25) is 0 Å². The molecule has 0 heterocycles. The molecule has 0 atom stereocenters. The Morgan fingerprint density at radius 1 is 1.50 bits per heavy atom. The van der Waals surface area contributed by atoms with Crippen LogP contribution in [0.25, 0.3) is 0 Å². The second-order valence-electron chi connectivity index (χ2n) is 3.41. The van der Waals surface area contributed by atoms with Gasteiger partial charge in [-0.1, -0.05) is 35.7 Å². The quantitative estimate of drug-likeness (QED) is 0.660. The van der Waals surface area contributed by atoms with Crippen molar-refractivity contribution >= 4 is 5.78 Å². The van der Waals surface area contributed by atoms with E-state index in [1.165, 1.54) is 11.1 Å². The van der Waals surface area contributed by atoms with Gasteiger partial charge < -0.3 is 0 Å². The Hall–Kier alpha value is -1.55. The molecule has 0 N–H and O–H groups in total. The average molecular weight is 186 g/mol. The van der Waals surface area contributed by atoms with Gasteiger partial charge in [0.25, 0.3) is 0 Å². The van der Waals surface area contributed by atoms with Gasteiger partial charge >= 0.3 is 0 Å². The van der Waals surface area contributed by atoms with Gasteiger partial charge in [-0.05, 0) is 18.9 Å². The van der Waals surface area contributed by atoms with Gasteiger partial charge in [-0.15, -0.1) is 6.42 Å². The fourth-order valence-electron chi connectivity index (χ4n) is 1.35. The van der Waals surface area contributed by atoms with Crippen LogP contribution in [0.4, 0.5) is 0 Å². The molecule has 1 nitrogen and oxygen atoms in total. The summed E-state index contributed by atoms with van der Waals surface area (Å²) >= 11 is 0. The molecule has 0 aliphatic carbocycles. The number of terminal acetylenes is 1. The fourth-order valence-corrected chi connectivity index (χ4v) is 1.35. The van der Waals surface area contributed by atoms with Crippen LogP contribution < -0.4 is 0 Å². The topological polar surface area (TPSA) is 17.1 Å². The first kappa shape index (κ1) is 10.5. The minimum Gasteiger partial charge on any atom is -0.299 e. The highest BCUT2D eigenvalue weighted by Gasteiger charge is 2.00. The highest BCUT2D eigenvalue weighted by atomic mass is 16.1. The van der Waals surface area contributed by atoms with Crippen LogP contribution in [-0.4, -0.2) is 5.78 Å². The summed E-state index contributed by atoms with van der Waals surface area (Å²) in [7, 11) is 0. The lowest BCUT2D eigenvalue weighted by Gasteiger charge is -2.00. The lowest BCUT2D eigenvalue weighted by molar-refractivity contribution is -0.118. The van der Waals surface area contributed by atoms with E-state index in [1.54, 1.807) is 0 Å². The number of hydrogen-bond donors (Lipinski definition) is 0. The normalized spacial score (nSPS) is 9.43. The van der Waals surface area contributed by atoms with E-state index in [-0.39, 0.29) is 12.2 Å². The molecule has 72 valence electrons. The third-order valence-electron chi connectivity index (χ3n) is 2.07. The van der Waals surface area contributed by atoms with Crippen molar-refractivity contribution in [3.05, 3.63) is 35.4 Å². The Bertz CT molecular complexity index is 358. The standard InChI is InChI=1S/C13H14O/c1-3-5-13(14)9-8-12-7-4-6-11(2)10-12/h1,4,6-7,10H,5,8-9H2,2H3. The summed E-state index contributed by atoms with van der Waals surface area (Å²) in [5, 5.41) is 0. The van der Waals surface area contributed by atoms with Crippen molar-refractivity contribution in [2.45, 2.75) is 26.2 Å². The van der Waals surface area contributed by atoms with Crippen LogP contribution in [-0.2, 0) is 11.2 Å².